The van der Waals surface area contributed by atoms with Gasteiger partial charge in [0.15, 0.2) is 11.5 Å². The Hall–Kier alpha value is -4.70. The number of ether oxygens (including phenoxy) is 3. The number of aromatic nitrogens is 1. The Labute approximate surface area is 263 Å². The molecule has 12 heteroatoms. The standard InChI is InChI=1S/C33H30F2N4O5S/c1-39-16-15-37-31(39)23-10-5-6-11-24(23)43-32-28(34)30(45-17-7-12-27(40)41)29(35)33(38-32)44-26-18-22(19-36)13-14-25(26)42-20-21-8-3-2-4-9-21/h2-6,8-11,13-14,18,31,37H,7,12,15-17,20H2,1H3,(H,40,41). The van der Waals surface area contributed by atoms with E-state index in [1.54, 1.807) is 12.1 Å². The predicted octanol–water partition coefficient (Wildman–Crippen LogP) is 6.89. The molecule has 1 fully saturated rings. The van der Waals surface area contributed by atoms with E-state index in [-0.39, 0.29) is 48.4 Å². The fourth-order valence-electron chi connectivity index (χ4n) is 4.67. The molecule has 1 aliphatic rings. The second-order valence-electron chi connectivity index (χ2n) is 10.2. The Morgan fingerprint density at radius 3 is 2.44 bits per heavy atom. The van der Waals surface area contributed by atoms with E-state index in [0.29, 0.717) is 5.75 Å². The topological polar surface area (TPSA) is 117 Å². The zero-order chi connectivity index (χ0) is 31.8. The maximum absolute atomic E-state index is 15.9. The zero-order valence-electron chi connectivity index (χ0n) is 24.3. The van der Waals surface area contributed by atoms with Crippen molar-refractivity contribution >= 4 is 17.7 Å². The molecule has 0 spiro atoms. The van der Waals surface area contributed by atoms with Crippen molar-refractivity contribution in [1.29, 1.82) is 5.26 Å². The molecule has 4 aromatic rings. The van der Waals surface area contributed by atoms with Gasteiger partial charge >= 0.3 is 5.97 Å². The van der Waals surface area contributed by atoms with E-state index < -0.39 is 34.3 Å². The molecule has 0 radical (unpaired) electrons. The lowest BCUT2D eigenvalue weighted by atomic mass is 10.1. The molecule has 2 N–H and O–H groups in total. The minimum atomic E-state index is -1.10. The number of thioether (sulfide) groups is 1. The number of hydrogen-bond acceptors (Lipinski definition) is 9. The molecule has 0 saturated carbocycles. The summed E-state index contributed by atoms with van der Waals surface area (Å²) >= 11 is 0.797. The monoisotopic (exact) mass is 632 g/mol. The third-order valence-electron chi connectivity index (χ3n) is 6.94. The number of likely N-dealkylation sites (N-methyl/N-ethyl adjacent to an activating group) is 1. The van der Waals surface area contributed by atoms with E-state index in [9.17, 15) is 10.1 Å². The number of carboxylic acids is 1. The molecule has 1 saturated heterocycles. The highest BCUT2D eigenvalue weighted by atomic mass is 32.2. The summed E-state index contributed by atoms with van der Waals surface area (Å²) in [5.74, 6) is -3.64. The first kappa shape index (κ1) is 31.7. The number of halogens is 2. The van der Waals surface area contributed by atoms with Gasteiger partial charge in [0, 0.05) is 31.1 Å². The van der Waals surface area contributed by atoms with E-state index in [1.807, 2.05) is 55.6 Å². The number of nitrogens with zero attached hydrogens (tertiary/aromatic N) is 3. The maximum Gasteiger partial charge on any atom is 0.303 e. The van der Waals surface area contributed by atoms with Crippen LogP contribution in [0.4, 0.5) is 8.78 Å². The number of para-hydroxylation sites is 1. The fraction of sp³-hybridized carbons (Fsp3) is 0.242. The van der Waals surface area contributed by atoms with Gasteiger partial charge in [0.05, 0.1) is 22.7 Å². The molecule has 0 amide bonds. The van der Waals surface area contributed by atoms with Crippen molar-refractivity contribution in [3.63, 3.8) is 0 Å². The van der Waals surface area contributed by atoms with Crippen LogP contribution in [0.5, 0.6) is 29.0 Å². The third-order valence-corrected chi connectivity index (χ3v) is 8.08. The van der Waals surface area contributed by atoms with Crippen LogP contribution in [0.2, 0.25) is 0 Å². The molecule has 232 valence electrons. The van der Waals surface area contributed by atoms with Crippen LogP contribution in [0.3, 0.4) is 0 Å². The van der Waals surface area contributed by atoms with Crippen LogP contribution in [-0.4, -0.2) is 46.8 Å². The van der Waals surface area contributed by atoms with Gasteiger partial charge in [-0.3, -0.25) is 15.0 Å². The highest BCUT2D eigenvalue weighted by molar-refractivity contribution is 7.99. The summed E-state index contributed by atoms with van der Waals surface area (Å²) in [4.78, 5) is 16.8. The second-order valence-corrected chi connectivity index (χ2v) is 11.3. The number of pyridine rings is 1. The third kappa shape index (κ3) is 7.88. The lowest BCUT2D eigenvalue weighted by Crippen LogP contribution is -2.24. The second kappa shape index (κ2) is 14.9. The lowest BCUT2D eigenvalue weighted by molar-refractivity contribution is -0.137. The summed E-state index contributed by atoms with van der Waals surface area (Å²) in [5, 5.41) is 21.9. The molecule has 1 aliphatic heterocycles. The van der Waals surface area contributed by atoms with Gasteiger partial charge in [-0.1, -0.05) is 48.5 Å². The van der Waals surface area contributed by atoms with Crippen LogP contribution in [0.1, 0.15) is 35.7 Å². The Bertz CT molecular complexity index is 1700. The molecule has 5 rings (SSSR count). The van der Waals surface area contributed by atoms with Crippen molar-refractivity contribution in [2.24, 2.45) is 0 Å². The number of benzene rings is 3. The number of carbonyl (C=O) groups is 1. The highest BCUT2D eigenvalue weighted by Gasteiger charge is 2.28. The van der Waals surface area contributed by atoms with Gasteiger partial charge in [-0.2, -0.15) is 19.0 Å². The van der Waals surface area contributed by atoms with Gasteiger partial charge in [-0.25, -0.2) is 0 Å². The first-order valence-electron chi connectivity index (χ1n) is 14.2. The molecule has 0 bridgehead atoms. The van der Waals surface area contributed by atoms with Crippen molar-refractivity contribution in [2.75, 3.05) is 25.9 Å². The van der Waals surface area contributed by atoms with Gasteiger partial charge in [0.1, 0.15) is 12.4 Å². The van der Waals surface area contributed by atoms with Crippen LogP contribution in [0.25, 0.3) is 0 Å². The normalized spacial score (nSPS) is 14.6. The van der Waals surface area contributed by atoms with Crippen molar-refractivity contribution in [2.45, 2.75) is 30.5 Å². The van der Waals surface area contributed by atoms with Crippen molar-refractivity contribution in [3.8, 4) is 35.1 Å². The molecule has 9 nitrogen and oxygen atoms in total. The van der Waals surface area contributed by atoms with E-state index in [0.717, 1.165) is 36.0 Å². The average molecular weight is 633 g/mol. The predicted molar refractivity (Wildman–Crippen MR) is 164 cm³/mol. The highest BCUT2D eigenvalue weighted by Crippen LogP contribution is 2.41. The minimum absolute atomic E-state index is 0.00653. The molecule has 0 aliphatic carbocycles. The first-order valence-corrected chi connectivity index (χ1v) is 15.1. The van der Waals surface area contributed by atoms with Crippen LogP contribution in [0, 0.1) is 23.0 Å². The minimum Gasteiger partial charge on any atom is -0.485 e. The molecule has 1 atom stereocenters. The number of hydrogen-bond donors (Lipinski definition) is 2. The number of nitrogens with one attached hydrogen (secondary N) is 1. The number of aliphatic carboxylic acids is 1. The Morgan fingerprint density at radius 2 is 1.76 bits per heavy atom. The van der Waals surface area contributed by atoms with Gasteiger partial charge in [-0.15, -0.1) is 11.8 Å². The molecule has 1 unspecified atom stereocenters. The van der Waals surface area contributed by atoms with Crippen molar-refractivity contribution in [3.05, 3.63) is 101 Å². The number of nitriles is 1. The smallest absolute Gasteiger partial charge is 0.303 e. The van der Waals surface area contributed by atoms with E-state index in [2.05, 4.69) is 15.2 Å². The summed E-state index contributed by atoms with van der Waals surface area (Å²) in [6, 6.07) is 22.9. The number of carboxylic acid groups (broad SMARTS) is 1. The summed E-state index contributed by atoms with van der Waals surface area (Å²) in [5.41, 5.74) is 1.83. The van der Waals surface area contributed by atoms with Crippen LogP contribution in [-0.2, 0) is 11.4 Å². The summed E-state index contributed by atoms with van der Waals surface area (Å²) in [7, 11) is 1.95. The zero-order valence-corrected chi connectivity index (χ0v) is 25.2. The molecule has 45 heavy (non-hydrogen) atoms. The van der Waals surface area contributed by atoms with Crippen molar-refractivity contribution < 1.29 is 32.9 Å². The summed E-state index contributed by atoms with van der Waals surface area (Å²) < 4.78 is 49.7. The number of rotatable bonds is 13. The quantitative estimate of drug-likeness (QED) is 0.119. The van der Waals surface area contributed by atoms with Crippen molar-refractivity contribution in [1.82, 2.24) is 15.2 Å². The SMILES string of the molecule is CN1CCNC1c1ccccc1Oc1nc(Oc2cc(C#N)ccc2OCc2ccccc2)c(F)c(SCCCC(=O)O)c1F. The molecule has 3 aromatic carbocycles. The Kier molecular flexibility index (Phi) is 10.5. The average Bonchev–Trinajstić information content (AvgIpc) is 3.48. The summed E-state index contributed by atoms with van der Waals surface area (Å²) in [6.07, 6.45) is -0.173. The van der Waals surface area contributed by atoms with E-state index in [1.165, 1.54) is 18.2 Å². The fourth-order valence-corrected chi connectivity index (χ4v) is 5.59. The molecule has 1 aromatic heterocycles. The molecule has 2 heterocycles. The lowest BCUT2D eigenvalue weighted by Gasteiger charge is -2.22. The first-order chi connectivity index (χ1) is 21.8. The summed E-state index contributed by atoms with van der Waals surface area (Å²) in [6.45, 7) is 1.72. The van der Waals surface area contributed by atoms with Gasteiger partial charge < -0.3 is 19.3 Å². The van der Waals surface area contributed by atoms with Gasteiger partial charge in [0.25, 0.3) is 11.8 Å². The maximum atomic E-state index is 15.9. The Morgan fingerprint density at radius 1 is 1.04 bits per heavy atom. The van der Waals surface area contributed by atoms with E-state index in [4.69, 9.17) is 19.3 Å². The van der Waals surface area contributed by atoms with Gasteiger partial charge in [-0.05, 0) is 43.0 Å². The van der Waals surface area contributed by atoms with Crippen LogP contribution < -0.4 is 19.5 Å². The van der Waals surface area contributed by atoms with Crippen LogP contribution in [0.15, 0.2) is 77.7 Å². The molecular formula is C33H30F2N4O5S. The van der Waals surface area contributed by atoms with Gasteiger partial charge in [0.2, 0.25) is 11.6 Å². The Balaban J connectivity index is 1.51. The van der Waals surface area contributed by atoms with E-state index >= 15 is 8.78 Å². The van der Waals surface area contributed by atoms with Crippen LogP contribution >= 0.6 is 11.8 Å². The molecular weight excluding hydrogens is 602 g/mol. The largest absolute Gasteiger partial charge is 0.485 e.